The summed E-state index contributed by atoms with van der Waals surface area (Å²) in [6.45, 7) is 11.1. The van der Waals surface area contributed by atoms with Crippen LogP contribution in [0.3, 0.4) is 0 Å². The molecule has 0 spiro atoms. The standard InChI is InChI=1S/C14H20N2/c1-10(2)13-15-11-8-6-7-9-12(11)16(13)14(3,4)5/h6-10H,1-5H3. The van der Waals surface area contributed by atoms with Crippen molar-refractivity contribution in [2.24, 2.45) is 0 Å². The van der Waals surface area contributed by atoms with E-state index in [2.05, 4.69) is 57.4 Å². The number of rotatable bonds is 1. The molecule has 0 atom stereocenters. The number of nitrogens with zero attached hydrogens (tertiary/aromatic N) is 2. The molecule has 16 heavy (non-hydrogen) atoms. The molecule has 0 aliphatic heterocycles. The Bertz CT molecular complexity index is 501. The van der Waals surface area contributed by atoms with E-state index in [9.17, 15) is 0 Å². The molecule has 1 heterocycles. The second-order valence-corrected chi connectivity index (χ2v) is 5.62. The summed E-state index contributed by atoms with van der Waals surface area (Å²) in [6, 6.07) is 8.37. The van der Waals surface area contributed by atoms with Crippen LogP contribution in [-0.4, -0.2) is 9.55 Å². The zero-order chi connectivity index (χ0) is 11.9. The van der Waals surface area contributed by atoms with Gasteiger partial charge in [0.2, 0.25) is 0 Å². The Morgan fingerprint density at radius 2 is 1.75 bits per heavy atom. The van der Waals surface area contributed by atoms with Crippen LogP contribution in [0, 0.1) is 0 Å². The van der Waals surface area contributed by atoms with Gasteiger partial charge in [-0.25, -0.2) is 4.98 Å². The van der Waals surface area contributed by atoms with Gasteiger partial charge in [0.25, 0.3) is 0 Å². The van der Waals surface area contributed by atoms with Gasteiger partial charge in [-0.2, -0.15) is 0 Å². The van der Waals surface area contributed by atoms with Gasteiger partial charge in [-0.3, -0.25) is 0 Å². The van der Waals surface area contributed by atoms with E-state index < -0.39 is 0 Å². The van der Waals surface area contributed by atoms with Crippen LogP contribution in [0.25, 0.3) is 11.0 Å². The van der Waals surface area contributed by atoms with Crippen molar-refractivity contribution in [2.75, 3.05) is 0 Å². The maximum Gasteiger partial charge on any atom is 0.112 e. The second-order valence-electron chi connectivity index (χ2n) is 5.62. The van der Waals surface area contributed by atoms with E-state index in [0.717, 1.165) is 5.52 Å². The van der Waals surface area contributed by atoms with E-state index in [0.29, 0.717) is 5.92 Å². The highest BCUT2D eigenvalue weighted by Crippen LogP contribution is 2.28. The number of benzene rings is 1. The van der Waals surface area contributed by atoms with Crippen molar-refractivity contribution in [1.82, 2.24) is 9.55 Å². The Hall–Kier alpha value is -1.31. The highest BCUT2D eigenvalue weighted by atomic mass is 15.1. The van der Waals surface area contributed by atoms with Gasteiger partial charge in [-0.05, 0) is 32.9 Å². The Kier molecular flexibility index (Phi) is 2.53. The fourth-order valence-corrected chi connectivity index (χ4v) is 2.14. The molecule has 2 heteroatoms. The molecule has 0 aliphatic rings. The average Bonchev–Trinajstić information content (AvgIpc) is 2.55. The normalized spacial score (nSPS) is 12.6. The van der Waals surface area contributed by atoms with E-state index in [1.165, 1.54) is 11.3 Å². The van der Waals surface area contributed by atoms with Gasteiger partial charge in [0, 0.05) is 11.5 Å². The lowest BCUT2D eigenvalue weighted by atomic mass is 10.1. The number of hydrogen-bond donors (Lipinski definition) is 0. The van der Waals surface area contributed by atoms with Crippen LogP contribution in [0.2, 0.25) is 0 Å². The molecule has 2 rings (SSSR count). The number of para-hydroxylation sites is 2. The minimum Gasteiger partial charge on any atom is -0.322 e. The summed E-state index contributed by atoms with van der Waals surface area (Å²) >= 11 is 0. The second kappa shape index (κ2) is 3.62. The van der Waals surface area contributed by atoms with Crippen molar-refractivity contribution >= 4 is 11.0 Å². The van der Waals surface area contributed by atoms with Crippen molar-refractivity contribution in [2.45, 2.75) is 46.1 Å². The Balaban J connectivity index is 2.80. The van der Waals surface area contributed by atoms with Gasteiger partial charge < -0.3 is 4.57 Å². The van der Waals surface area contributed by atoms with Crippen LogP contribution < -0.4 is 0 Å². The SMILES string of the molecule is CC(C)c1nc2ccccc2n1C(C)(C)C. The number of imidazole rings is 1. The van der Waals surface area contributed by atoms with Gasteiger partial charge in [-0.15, -0.1) is 0 Å². The summed E-state index contributed by atoms with van der Waals surface area (Å²) < 4.78 is 2.35. The van der Waals surface area contributed by atoms with Crippen molar-refractivity contribution in [3.05, 3.63) is 30.1 Å². The molecule has 0 saturated heterocycles. The maximum atomic E-state index is 4.74. The minimum absolute atomic E-state index is 0.0791. The van der Waals surface area contributed by atoms with Gasteiger partial charge in [-0.1, -0.05) is 26.0 Å². The summed E-state index contributed by atoms with van der Waals surface area (Å²) in [4.78, 5) is 4.74. The topological polar surface area (TPSA) is 17.8 Å². The fourth-order valence-electron chi connectivity index (χ4n) is 2.14. The third kappa shape index (κ3) is 1.73. The first kappa shape index (κ1) is 11.2. The Morgan fingerprint density at radius 1 is 1.12 bits per heavy atom. The fraction of sp³-hybridized carbons (Fsp3) is 0.500. The van der Waals surface area contributed by atoms with Crippen LogP contribution in [0.15, 0.2) is 24.3 Å². The predicted octanol–water partition coefficient (Wildman–Crippen LogP) is 3.91. The largest absolute Gasteiger partial charge is 0.322 e. The van der Waals surface area contributed by atoms with E-state index in [1.807, 2.05) is 6.07 Å². The van der Waals surface area contributed by atoms with Crippen LogP contribution in [-0.2, 0) is 5.54 Å². The lowest BCUT2D eigenvalue weighted by Crippen LogP contribution is -2.24. The molecule has 0 fully saturated rings. The van der Waals surface area contributed by atoms with Crippen LogP contribution in [0.5, 0.6) is 0 Å². The van der Waals surface area contributed by atoms with E-state index in [-0.39, 0.29) is 5.54 Å². The molecule has 1 aromatic heterocycles. The van der Waals surface area contributed by atoms with Crippen molar-refractivity contribution < 1.29 is 0 Å². The van der Waals surface area contributed by atoms with Gasteiger partial charge in [0.1, 0.15) is 5.82 Å². The van der Waals surface area contributed by atoms with Crippen molar-refractivity contribution in [3.8, 4) is 0 Å². The molecule has 0 bridgehead atoms. The molecule has 0 amide bonds. The first-order valence-corrected chi connectivity index (χ1v) is 5.89. The molecule has 2 nitrogen and oxygen atoms in total. The smallest absolute Gasteiger partial charge is 0.112 e. The first-order valence-electron chi connectivity index (χ1n) is 5.89. The number of aromatic nitrogens is 2. The lowest BCUT2D eigenvalue weighted by molar-refractivity contribution is 0.388. The number of hydrogen-bond acceptors (Lipinski definition) is 1. The summed E-state index contributed by atoms with van der Waals surface area (Å²) in [7, 11) is 0. The van der Waals surface area contributed by atoms with E-state index >= 15 is 0 Å². The Morgan fingerprint density at radius 3 is 2.31 bits per heavy atom. The molecule has 0 aliphatic carbocycles. The zero-order valence-electron chi connectivity index (χ0n) is 10.8. The summed E-state index contributed by atoms with van der Waals surface area (Å²) in [6.07, 6.45) is 0. The van der Waals surface area contributed by atoms with E-state index in [4.69, 9.17) is 4.98 Å². The predicted molar refractivity (Wildman–Crippen MR) is 68.8 cm³/mol. The quantitative estimate of drug-likeness (QED) is 0.706. The van der Waals surface area contributed by atoms with Crippen LogP contribution in [0.4, 0.5) is 0 Å². The van der Waals surface area contributed by atoms with E-state index in [1.54, 1.807) is 0 Å². The summed E-state index contributed by atoms with van der Waals surface area (Å²) in [5.41, 5.74) is 2.41. The zero-order valence-corrected chi connectivity index (χ0v) is 10.8. The van der Waals surface area contributed by atoms with Crippen LogP contribution >= 0.6 is 0 Å². The monoisotopic (exact) mass is 216 g/mol. The van der Waals surface area contributed by atoms with Gasteiger partial charge in [0.15, 0.2) is 0 Å². The first-order chi connectivity index (χ1) is 7.41. The molecule has 0 saturated carbocycles. The lowest BCUT2D eigenvalue weighted by Gasteiger charge is -2.25. The molecule has 1 aromatic carbocycles. The molecule has 0 N–H and O–H groups in total. The molecule has 0 unspecified atom stereocenters. The molecular weight excluding hydrogens is 196 g/mol. The number of fused-ring (bicyclic) bond motifs is 1. The highest BCUT2D eigenvalue weighted by Gasteiger charge is 2.22. The van der Waals surface area contributed by atoms with Crippen LogP contribution in [0.1, 0.15) is 46.4 Å². The third-order valence-electron chi connectivity index (χ3n) is 2.77. The average molecular weight is 216 g/mol. The molecular formula is C14H20N2. The minimum atomic E-state index is 0.0791. The van der Waals surface area contributed by atoms with Gasteiger partial charge >= 0.3 is 0 Å². The van der Waals surface area contributed by atoms with Crippen molar-refractivity contribution in [3.63, 3.8) is 0 Å². The summed E-state index contributed by atoms with van der Waals surface area (Å²) in [5.74, 6) is 1.63. The maximum absolute atomic E-state index is 4.74. The molecule has 86 valence electrons. The highest BCUT2D eigenvalue weighted by molar-refractivity contribution is 5.76. The summed E-state index contributed by atoms with van der Waals surface area (Å²) in [5, 5.41) is 0. The van der Waals surface area contributed by atoms with Gasteiger partial charge in [0.05, 0.1) is 11.0 Å². The van der Waals surface area contributed by atoms with Crippen molar-refractivity contribution in [1.29, 1.82) is 0 Å². The molecule has 2 aromatic rings. The molecule has 0 radical (unpaired) electrons. The Labute approximate surface area is 97.3 Å². The third-order valence-corrected chi connectivity index (χ3v) is 2.77.